The Morgan fingerprint density at radius 1 is 1.59 bits per heavy atom. The highest BCUT2D eigenvalue weighted by molar-refractivity contribution is 5.94. The third-order valence-electron chi connectivity index (χ3n) is 3.96. The molecule has 1 aliphatic carbocycles. The first kappa shape index (κ1) is 12.3. The molecule has 0 aromatic heterocycles. The Hall–Kier alpha value is -1.16. The van der Waals surface area contributed by atoms with Gasteiger partial charge in [-0.15, -0.1) is 0 Å². The number of likely N-dealkylation sites (N-methyl/N-ethyl adjacent to an activating group) is 1. The van der Waals surface area contributed by atoms with E-state index in [0.717, 1.165) is 6.42 Å². The van der Waals surface area contributed by atoms with E-state index >= 15 is 0 Å². The van der Waals surface area contributed by atoms with Crippen LogP contribution in [0.1, 0.15) is 20.3 Å². The normalized spacial score (nSPS) is 37.0. The maximum Gasteiger partial charge on any atom is 0.323 e. The first-order chi connectivity index (χ1) is 8.07. The highest BCUT2D eigenvalue weighted by Gasteiger charge is 2.51. The molecule has 0 spiro atoms. The summed E-state index contributed by atoms with van der Waals surface area (Å²) in [4.78, 5) is 25.8. The van der Waals surface area contributed by atoms with Crippen molar-refractivity contribution in [3.05, 3.63) is 12.2 Å². The lowest BCUT2D eigenvalue weighted by atomic mass is 9.81. The summed E-state index contributed by atoms with van der Waals surface area (Å²) >= 11 is 0. The number of fused-ring (bicyclic) bond motifs is 1. The van der Waals surface area contributed by atoms with E-state index in [1.807, 2.05) is 24.9 Å². The van der Waals surface area contributed by atoms with Crippen LogP contribution in [-0.2, 0) is 14.3 Å². The van der Waals surface area contributed by atoms with Crippen molar-refractivity contribution in [1.29, 1.82) is 0 Å². The van der Waals surface area contributed by atoms with E-state index in [2.05, 4.69) is 0 Å². The van der Waals surface area contributed by atoms with Crippen molar-refractivity contribution in [2.45, 2.75) is 32.4 Å². The molecule has 0 aromatic carbocycles. The molecule has 4 atom stereocenters. The lowest BCUT2D eigenvalue weighted by molar-refractivity contribution is -0.149. The molecule has 0 bridgehead atoms. The fourth-order valence-corrected chi connectivity index (χ4v) is 3.18. The molecule has 2 rings (SSSR count). The van der Waals surface area contributed by atoms with Gasteiger partial charge in [-0.05, 0) is 32.4 Å². The van der Waals surface area contributed by atoms with Crippen molar-refractivity contribution in [2.24, 2.45) is 11.8 Å². The van der Waals surface area contributed by atoms with Gasteiger partial charge in [0.1, 0.15) is 6.04 Å². The topological polar surface area (TPSA) is 46.6 Å². The number of ketones is 1. The number of hydrogen-bond donors (Lipinski definition) is 0. The molecule has 94 valence electrons. The van der Waals surface area contributed by atoms with Crippen LogP contribution in [0.25, 0.3) is 0 Å². The SMILES string of the molecule is CCOC(=O)[C@@H]1[C@H](C)[C@H]2C(=O)C=CC[C@H]2N1C. The number of esters is 1. The summed E-state index contributed by atoms with van der Waals surface area (Å²) in [6, 6.07) is -0.134. The smallest absolute Gasteiger partial charge is 0.323 e. The Morgan fingerprint density at radius 3 is 2.88 bits per heavy atom. The molecule has 0 aromatic rings. The van der Waals surface area contributed by atoms with Gasteiger partial charge in [0.25, 0.3) is 0 Å². The molecular weight excluding hydrogens is 218 g/mol. The second kappa shape index (κ2) is 4.61. The molecule has 0 radical (unpaired) electrons. The van der Waals surface area contributed by atoms with E-state index in [9.17, 15) is 9.59 Å². The summed E-state index contributed by atoms with van der Waals surface area (Å²) in [7, 11) is 1.91. The van der Waals surface area contributed by atoms with Crippen LogP contribution in [-0.4, -0.2) is 42.4 Å². The Morgan fingerprint density at radius 2 is 2.29 bits per heavy atom. The number of carbonyl (C=O) groups excluding carboxylic acids is 2. The van der Waals surface area contributed by atoms with Gasteiger partial charge in [0, 0.05) is 12.0 Å². The Kier molecular flexibility index (Phi) is 3.33. The first-order valence-corrected chi connectivity index (χ1v) is 6.16. The van der Waals surface area contributed by atoms with Crippen LogP contribution in [0.15, 0.2) is 12.2 Å². The van der Waals surface area contributed by atoms with Gasteiger partial charge in [-0.3, -0.25) is 14.5 Å². The molecule has 4 nitrogen and oxygen atoms in total. The minimum absolute atomic E-state index is 0.0292. The number of carbonyl (C=O) groups is 2. The molecule has 1 fully saturated rings. The van der Waals surface area contributed by atoms with Crippen molar-refractivity contribution < 1.29 is 14.3 Å². The molecule has 2 aliphatic rings. The number of likely N-dealkylation sites (tertiary alicyclic amines) is 1. The zero-order valence-corrected chi connectivity index (χ0v) is 10.6. The van der Waals surface area contributed by atoms with Gasteiger partial charge in [-0.2, -0.15) is 0 Å². The predicted octanol–water partition coefficient (Wildman–Crippen LogP) is 1.01. The minimum atomic E-state index is -0.284. The van der Waals surface area contributed by atoms with Crippen LogP contribution in [0.4, 0.5) is 0 Å². The monoisotopic (exact) mass is 237 g/mol. The first-order valence-electron chi connectivity index (χ1n) is 6.16. The van der Waals surface area contributed by atoms with E-state index in [1.165, 1.54) is 0 Å². The Bertz CT molecular complexity index is 364. The van der Waals surface area contributed by atoms with E-state index in [4.69, 9.17) is 4.74 Å². The van der Waals surface area contributed by atoms with Gasteiger partial charge in [0.2, 0.25) is 0 Å². The molecule has 1 aliphatic heterocycles. The quantitative estimate of drug-likeness (QED) is 0.673. The van der Waals surface area contributed by atoms with Crippen LogP contribution in [0.3, 0.4) is 0 Å². The lowest BCUT2D eigenvalue weighted by Gasteiger charge is -2.26. The highest BCUT2D eigenvalue weighted by atomic mass is 16.5. The molecule has 0 N–H and O–H groups in total. The number of allylic oxidation sites excluding steroid dienone is 1. The fraction of sp³-hybridized carbons (Fsp3) is 0.692. The van der Waals surface area contributed by atoms with E-state index in [-0.39, 0.29) is 35.7 Å². The second-order valence-electron chi connectivity index (χ2n) is 4.86. The predicted molar refractivity (Wildman–Crippen MR) is 63.4 cm³/mol. The van der Waals surface area contributed by atoms with Crippen LogP contribution in [0.2, 0.25) is 0 Å². The number of nitrogens with zero attached hydrogens (tertiary/aromatic N) is 1. The summed E-state index contributed by atoms with van der Waals surface area (Å²) < 4.78 is 5.10. The van der Waals surface area contributed by atoms with E-state index in [0.29, 0.717) is 6.61 Å². The Balaban J connectivity index is 2.22. The van der Waals surface area contributed by atoms with Crippen LogP contribution >= 0.6 is 0 Å². The van der Waals surface area contributed by atoms with Crippen molar-refractivity contribution in [3.8, 4) is 0 Å². The zero-order chi connectivity index (χ0) is 12.6. The van der Waals surface area contributed by atoms with Crippen molar-refractivity contribution in [2.75, 3.05) is 13.7 Å². The van der Waals surface area contributed by atoms with Crippen molar-refractivity contribution in [1.82, 2.24) is 4.90 Å². The molecule has 1 heterocycles. The molecule has 17 heavy (non-hydrogen) atoms. The molecule has 4 heteroatoms. The van der Waals surface area contributed by atoms with Crippen LogP contribution in [0, 0.1) is 11.8 Å². The summed E-state index contributed by atoms with van der Waals surface area (Å²) in [6.07, 6.45) is 4.40. The number of ether oxygens (including phenoxy) is 1. The highest BCUT2D eigenvalue weighted by Crippen LogP contribution is 2.39. The second-order valence-corrected chi connectivity index (χ2v) is 4.86. The average molecular weight is 237 g/mol. The van der Waals surface area contributed by atoms with Gasteiger partial charge in [0.15, 0.2) is 5.78 Å². The third kappa shape index (κ3) is 1.90. The standard InChI is InChI=1S/C13H19NO3/c1-4-17-13(16)12-8(2)11-9(14(12)3)6-5-7-10(11)15/h5,7-9,11-12H,4,6H2,1-3H3/t8-,9-,11-,12+/m1/s1. The Labute approximate surface area is 102 Å². The minimum Gasteiger partial charge on any atom is -0.465 e. The fourth-order valence-electron chi connectivity index (χ4n) is 3.18. The van der Waals surface area contributed by atoms with Gasteiger partial charge >= 0.3 is 5.97 Å². The van der Waals surface area contributed by atoms with Gasteiger partial charge in [-0.25, -0.2) is 0 Å². The van der Waals surface area contributed by atoms with Crippen LogP contribution < -0.4 is 0 Å². The summed E-state index contributed by atoms with van der Waals surface area (Å²) in [6.45, 7) is 4.16. The van der Waals surface area contributed by atoms with Gasteiger partial charge in [-0.1, -0.05) is 13.0 Å². The summed E-state index contributed by atoms with van der Waals surface area (Å²) in [5.74, 6) is -0.0852. The molecule has 0 saturated carbocycles. The summed E-state index contributed by atoms with van der Waals surface area (Å²) in [5.41, 5.74) is 0. The third-order valence-corrected chi connectivity index (χ3v) is 3.96. The van der Waals surface area contributed by atoms with Crippen LogP contribution in [0.5, 0.6) is 0 Å². The molecule has 0 unspecified atom stereocenters. The maximum absolute atomic E-state index is 11.9. The molecule has 0 amide bonds. The average Bonchev–Trinajstić information content (AvgIpc) is 2.53. The van der Waals surface area contributed by atoms with Gasteiger partial charge < -0.3 is 4.74 Å². The lowest BCUT2D eigenvalue weighted by Crippen LogP contribution is -2.41. The maximum atomic E-state index is 11.9. The number of rotatable bonds is 2. The largest absolute Gasteiger partial charge is 0.465 e. The molecule has 1 saturated heterocycles. The molecular formula is C13H19NO3. The van der Waals surface area contributed by atoms with Crippen molar-refractivity contribution >= 4 is 11.8 Å². The zero-order valence-electron chi connectivity index (χ0n) is 10.6. The van der Waals surface area contributed by atoms with Crippen molar-refractivity contribution in [3.63, 3.8) is 0 Å². The summed E-state index contributed by atoms with van der Waals surface area (Å²) in [5, 5.41) is 0. The van der Waals surface area contributed by atoms with E-state index in [1.54, 1.807) is 13.0 Å². The van der Waals surface area contributed by atoms with Gasteiger partial charge in [0.05, 0.1) is 6.61 Å². The number of hydrogen-bond acceptors (Lipinski definition) is 4. The van der Waals surface area contributed by atoms with E-state index < -0.39 is 0 Å².